The molecule has 0 spiro atoms. The number of carbonyl (C=O) groups is 1. The number of hydrogen-bond donors (Lipinski definition) is 2. The maximum absolute atomic E-state index is 12.7. The summed E-state index contributed by atoms with van der Waals surface area (Å²) in [5.74, 6) is 0.140. The molecule has 1 fully saturated rings. The van der Waals surface area contributed by atoms with Crippen LogP contribution in [0.15, 0.2) is 65.7 Å². The van der Waals surface area contributed by atoms with Crippen LogP contribution >= 0.6 is 11.6 Å². The summed E-state index contributed by atoms with van der Waals surface area (Å²) in [6.07, 6.45) is 4.76. The maximum atomic E-state index is 12.7. The Morgan fingerprint density at radius 1 is 1.03 bits per heavy atom. The molecule has 3 aromatic rings. The molecule has 0 atom stereocenters. The fourth-order valence-corrected chi connectivity index (χ4v) is 5.18. The molecule has 0 radical (unpaired) electrons. The van der Waals surface area contributed by atoms with Crippen LogP contribution in [0.25, 0.3) is 10.9 Å². The zero-order chi connectivity index (χ0) is 21.8. The number of pyridine rings is 1. The number of hydrogen-bond acceptors (Lipinski definition) is 4. The van der Waals surface area contributed by atoms with Crippen molar-refractivity contribution in [1.82, 2.24) is 9.71 Å². The Morgan fingerprint density at radius 3 is 2.48 bits per heavy atom. The third kappa shape index (κ3) is 5.42. The molecule has 6 nitrogen and oxygen atoms in total. The van der Waals surface area contributed by atoms with Crippen molar-refractivity contribution in [3.05, 3.63) is 65.8 Å². The van der Waals surface area contributed by atoms with Crippen molar-refractivity contribution in [2.45, 2.75) is 30.6 Å². The van der Waals surface area contributed by atoms with Crippen LogP contribution < -0.4 is 10.0 Å². The summed E-state index contributed by atoms with van der Waals surface area (Å²) in [5.41, 5.74) is 1.59. The molecular formula is C23H24ClN3O3S. The fourth-order valence-electron chi connectivity index (χ4n) is 3.94. The largest absolute Gasteiger partial charge is 0.324 e. The van der Waals surface area contributed by atoms with Crippen LogP contribution in [0.4, 0.5) is 5.69 Å². The molecule has 1 heterocycles. The lowest BCUT2D eigenvalue weighted by atomic mass is 9.81. The Morgan fingerprint density at radius 2 is 1.74 bits per heavy atom. The van der Waals surface area contributed by atoms with E-state index in [1.54, 1.807) is 18.3 Å². The van der Waals surface area contributed by atoms with E-state index in [2.05, 4.69) is 15.0 Å². The molecule has 2 aromatic carbocycles. The number of nitrogens with zero attached hydrogens (tertiary/aromatic N) is 1. The molecule has 0 unspecified atom stereocenters. The molecule has 8 heteroatoms. The monoisotopic (exact) mass is 457 g/mol. The second kappa shape index (κ2) is 9.34. The molecule has 0 bridgehead atoms. The molecule has 1 aromatic heterocycles. The zero-order valence-corrected chi connectivity index (χ0v) is 18.5. The van der Waals surface area contributed by atoms with E-state index in [1.807, 2.05) is 30.3 Å². The van der Waals surface area contributed by atoms with E-state index in [0.29, 0.717) is 17.3 Å². The van der Waals surface area contributed by atoms with Gasteiger partial charge in [0.1, 0.15) is 0 Å². The minimum atomic E-state index is -3.56. The summed E-state index contributed by atoms with van der Waals surface area (Å²) in [6.45, 7) is 0.369. The minimum Gasteiger partial charge on any atom is -0.324 e. The molecule has 1 saturated carbocycles. The summed E-state index contributed by atoms with van der Waals surface area (Å²) in [7, 11) is -3.56. The second-order valence-electron chi connectivity index (χ2n) is 7.93. The van der Waals surface area contributed by atoms with Crippen LogP contribution in [0.2, 0.25) is 5.02 Å². The van der Waals surface area contributed by atoms with Gasteiger partial charge in [0.15, 0.2) is 0 Å². The molecule has 1 aliphatic rings. The van der Waals surface area contributed by atoms with Crippen molar-refractivity contribution in [3.8, 4) is 0 Å². The van der Waals surface area contributed by atoms with Crippen LogP contribution in [0, 0.1) is 11.8 Å². The third-order valence-corrected chi connectivity index (χ3v) is 7.45. The number of aromatic nitrogens is 1. The molecule has 162 valence electrons. The molecule has 0 aliphatic heterocycles. The average Bonchev–Trinajstić information content (AvgIpc) is 2.78. The van der Waals surface area contributed by atoms with Crippen molar-refractivity contribution >= 4 is 44.1 Å². The smallest absolute Gasteiger partial charge is 0.240 e. The van der Waals surface area contributed by atoms with Crippen molar-refractivity contribution < 1.29 is 13.2 Å². The average molecular weight is 458 g/mol. The molecule has 0 saturated heterocycles. The van der Waals surface area contributed by atoms with Gasteiger partial charge < -0.3 is 5.32 Å². The lowest BCUT2D eigenvalue weighted by molar-refractivity contribution is -0.121. The number of rotatable bonds is 6. The van der Waals surface area contributed by atoms with Gasteiger partial charge in [-0.05, 0) is 68.0 Å². The highest BCUT2D eigenvalue weighted by Gasteiger charge is 2.27. The normalized spacial score (nSPS) is 19.3. The molecular weight excluding hydrogens is 434 g/mol. The lowest BCUT2D eigenvalue weighted by Gasteiger charge is -2.27. The van der Waals surface area contributed by atoms with E-state index < -0.39 is 10.0 Å². The van der Waals surface area contributed by atoms with Crippen molar-refractivity contribution in [1.29, 1.82) is 0 Å². The van der Waals surface area contributed by atoms with Crippen molar-refractivity contribution in [3.63, 3.8) is 0 Å². The fraction of sp³-hybridized carbons (Fsp3) is 0.304. The molecule has 1 aliphatic carbocycles. The standard InChI is InChI=1S/C23H24ClN3O3S/c24-19-9-11-21(12-10-19)31(29,30)26-14-16-5-7-17(8-6-16)23(28)27-20-13-18-3-1-2-4-22(18)25-15-20/h1-4,9-13,15-17,26H,5-8,14H2,(H,27,28). The molecule has 31 heavy (non-hydrogen) atoms. The lowest BCUT2D eigenvalue weighted by Crippen LogP contribution is -2.33. The van der Waals surface area contributed by atoms with E-state index >= 15 is 0 Å². The zero-order valence-electron chi connectivity index (χ0n) is 16.9. The molecule has 2 N–H and O–H groups in total. The summed E-state index contributed by atoms with van der Waals surface area (Å²) in [5, 5.41) is 4.46. The van der Waals surface area contributed by atoms with E-state index in [0.717, 1.165) is 36.6 Å². The van der Waals surface area contributed by atoms with Crippen LogP contribution in [-0.4, -0.2) is 25.9 Å². The number of para-hydroxylation sites is 1. The highest BCUT2D eigenvalue weighted by molar-refractivity contribution is 7.89. The summed E-state index contributed by atoms with van der Waals surface area (Å²) in [4.78, 5) is 17.3. The topological polar surface area (TPSA) is 88.2 Å². The summed E-state index contributed by atoms with van der Waals surface area (Å²) < 4.78 is 27.5. The Labute approximate surface area is 187 Å². The van der Waals surface area contributed by atoms with Crippen LogP contribution in [0.5, 0.6) is 0 Å². The van der Waals surface area contributed by atoms with Gasteiger partial charge in [-0.25, -0.2) is 13.1 Å². The van der Waals surface area contributed by atoms with Crippen molar-refractivity contribution in [2.75, 3.05) is 11.9 Å². The number of nitrogens with one attached hydrogen (secondary N) is 2. The van der Waals surface area contributed by atoms with Gasteiger partial charge in [0, 0.05) is 22.9 Å². The number of sulfonamides is 1. The first-order valence-electron chi connectivity index (χ1n) is 10.3. The second-order valence-corrected chi connectivity index (χ2v) is 10.1. The first-order chi connectivity index (χ1) is 14.9. The highest BCUT2D eigenvalue weighted by Crippen LogP contribution is 2.30. The van der Waals surface area contributed by atoms with Crippen LogP contribution in [0.1, 0.15) is 25.7 Å². The van der Waals surface area contributed by atoms with Gasteiger partial charge >= 0.3 is 0 Å². The van der Waals surface area contributed by atoms with Gasteiger partial charge in [0.25, 0.3) is 0 Å². The van der Waals surface area contributed by atoms with Gasteiger partial charge in [0.05, 0.1) is 22.3 Å². The maximum Gasteiger partial charge on any atom is 0.240 e. The summed E-state index contributed by atoms with van der Waals surface area (Å²) >= 11 is 5.83. The first-order valence-corrected chi connectivity index (χ1v) is 12.2. The highest BCUT2D eigenvalue weighted by atomic mass is 35.5. The first kappa shape index (κ1) is 21.7. The molecule has 4 rings (SSSR count). The number of halogens is 1. The number of anilines is 1. The van der Waals surface area contributed by atoms with Gasteiger partial charge in [-0.2, -0.15) is 0 Å². The number of fused-ring (bicyclic) bond motifs is 1. The number of carbonyl (C=O) groups excluding carboxylic acids is 1. The Balaban J connectivity index is 1.27. The minimum absolute atomic E-state index is 0.00252. The predicted octanol–water partition coefficient (Wildman–Crippen LogP) is 4.61. The van der Waals surface area contributed by atoms with E-state index in [1.165, 1.54) is 12.1 Å². The van der Waals surface area contributed by atoms with Crippen molar-refractivity contribution in [2.24, 2.45) is 11.8 Å². The molecule has 1 amide bonds. The van der Waals surface area contributed by atoms with E-state index in [4.69, 9.17) is 11.6 Å². The van der Waals surface area contributed by atoms with Gasteiger partial charge in [-0.3, -0.25) is 9.78 Å². The summed E-state index contributed by atoms with van der Waals surface area (Å²) in [6, 6.07) is 15.8. The van der Waals surface area contributed by atoms with Crippen LogP contribution in [0.3, 0.4) is 0 Å². The van der Waals surface area contributed by atoms with Gasteiger partial charge in [0.2, 0.25) is 15.9 Å². The Hall–Kier alpha value is -2.48. The Kier molecular flexibility index (Phi) is 6.55. The SMILES string of the molecule is O=C(Nc1cnc2ccccc2c1)C1CCC(CNS(=O)(=O)c2ccc(Cl)cc2)CC1. The third-order valence-electron chi connectivity index (χ3n) is 5.76. The Bertz CT molecular complexity index is 1170. The van der Waals surface area contributed by atoms with E-state index in [-0.39, 0.29) is 22.6 Å². The van der Waals surface area contributed by atoms with E-state index in [9.17, 15) is 13.2 Å². The van der Waals surface area contributed by atoms with Crippen LogP contribution in [-0.2, 0) is 14.8 Å². The number of amides is 1. The van der Waals surface area contributed by atoms with Gasteiger partial charge in [-0.1, -0.05) is 29.8 Å². The predicted molar refractivity (Wildman–Crippen MR) is 122 cm³/mol. The number of benzene rings is 2. The van der Waals surface area contributed by atoms with Gasteiger partial charge in [-0.15, -0.1) is 0 Å². The quantitative estimate of drug-likeness (QED) is 0.565.